The molecule has 1 heterocycles. The third-order valence-electron chi connectivity index (χ3n) is 4.31. The van der Waals surface area contributed by atoms with Crippen molar-refractivity contribution in [2.45, 2.75) is 10.1 Å². The Morgan fingerprint density at radius 3 is 2.08 bits per heavy atom. The van der Waals surface area contributed by atoms with Gasteiger partial charge >= 0.3 is 0 Å². The zero-order chi connectivity index (χ0) is 18.9. The maximum absolute atomic E-state index is 13.0. The first kappa shape index (κ1) is 18.2. The van der Waals surface area contributed by atoms with Crippen molar-refractivity contribution in [3.05, 3.63) is 53.8 Å². The van der Waals surface area contributed by atoms with Gasteiger partial charge in [0.05, 0.1) is 19.1 Å². The third-order valence-corrected chi connectivity index (χ3v) is 6.42. The van der Waals surface area contributed by atoms with Crippen molar-refractivity contribution in [3.63, 3.8) is 0 Å². The van der Waals surface area contributed by atoms with E-state index in [1.807, 2.05) is 0 Å². The molecule has 0 bridgehead atoms. The number of hydrogen-bond donors (Lipinski definition) is 0. The van der Waals surface area contributed by atoms with Crippen LogP contribution in [0.4, 0.5) is 4.39 Å². The number of halogens is 1. The second-order valence-electron chi connectivity index (χ2n) is 5.93. The van der Waals surface area contributed by atoms with Crippen LogP contribution in [0.1, 0.15) is 10.4 Å². The van der Waals surface area contributed by atoms with Gasteiger partial charge < -0.3 is 14.4 Å². The highest BCUT2D eigenvalue weighted by Crippen LogP contribution is 2.28. The summed E-state index contributed by atoms with van der Waals surface area (Å²) in [5, 5.41) is -0.704. The summed E-state index contributed by atoms with van der Waals surface area (Å²) in [5.74, 6) is 0.154. The fourth-order valence-corrected chi connectivity index (χ4v) is 4.38. The number of hydrogen-bond acceptors (Lipinski definition) is 5. The molecule has 0 radical (unpaired) electrons. The number of carbonyl (C=O) groups excluding carboxylic acids is 1. The average Bonchev–Trinajstić information content (AvgIpc) is 2.60. The molecule has 0 aliphatic carbocycles. The van der Waals surface area contributed by atoms with Crippen molar-refractivity contribution in [1.82, 2.24) is 4.90 Å². The lowest BCUT2D eigenvalue weighted by atomic mass is 10.1. The molecular weight excluding hydrogens is 361 g/mol. The summed E-state index contributed by atoms with van der Waals surface area (Å²) in [6.45, 7) is 0.163. The maximum atomic E-state index is 13.0. The zero-order valence-corrected chi connectivity index (χ0v) is 15.1. The van der Waals surface area contributed by atoms with Gasteiger partial charge in [0.15, 0.2) is 9.84 Å². The summed E-state index contributed by atoms with van der Waals surface area (Å²) in [6, 6.07) is 9.49. The predicted molar refractivity (Wildman–Crippen MR) is 92.8 cm³/mol. The quantitative estimate of drug-likeness (QED) is 0.745. The molecule has 2 aromatic carbocycles. The maximum Gasteiger partial charge on any atom is 0.254 e. The van der Waals surface area contributed by atoms with E-state index >= 15 is 0 Å². The van der Waals surface area contributed by atoms with E-state index in [1.54, 1.807) is 18.2 Å². The summed E-state index contributed by atoms with van der Waals surface area (Å²) in [4.78, 5) is 14.1. The number of carbonyl (C=O) groups is 1. The molecule has 1 fully saturated rings. The van der Waals surface area contributed by atoms with Gasteiger partial charge in [-0.15, -0.1) is 0 Å². The molecule has 0 unspecified atom stereocenters. The van der Waals surface area contributed by atoms with Crippen molar-refractivity contribution >= 4 is 15.7 Å². The minimum absolute atomic E-state index is 0.0547. The van der Waals surface area contributed by atoms with E-state index in [0.717, 1.165) is 12.1 Å². The van der Waals surface area contributed by atoms with Gasteiger partial charge in [-0.3, -0.25) is 4.79 Å². The third kappa shape index (κ3) is 3.37. The minimum Gasteiger partial charge on any atom is -0.497 e. The number of rotatable bonds is 5. The van der Waals surface area contributed by atoms with Gasteiger partial charge in [-0.1, -0.05) is 0 Å². The fraction of sp³-hybridized carbons (Fsp3) is 0.278. The van der Waals surface area contributed by atoms with Crippen LogP contribution < -0.4 is 9.47 Å². The van der Waals surface area contributed by atoms with Crippen LogP contribution in [0.5, 0.6) is 11.5 Å². The molecule has 2 aromatic rings. The largest absolute Gasteiger partial charge is 0.497 e. The van der Waals surface area contributed by atoms with Gasteiger partial charge in [-0.2, -0.15) is 0 Å². The van der Waals surface area contributed by atoms with Gasteiger partial charge in [0, 0.05) is 24.7 Å². The van der Waals surface area contributed by atoms with Gasteiger partial charge in [0.25, 0.3) is 5.91 Å². The fourth-order valence-electron chi connectivity index (χ4n) is 2.73. The molecule has 0 N–H and O–H groups in total. The number of amides is 1. The molecule has 26 heavy (non-hydrogen) atoms. The second-order valence-corrected chi connectivity index (χ2v) is 8.16. The average molecular weight is 379 g/mol. The van der Waals surface area contributed by atoms with Gasteiger partial charge in [0.2, 0.25) is 0 Å². The van der Waals surface area contributed by atoms with Crippen LogP contribution >= 0.6 is 0 Å². The summed E-state index contributed by atoms with van der Waals surface area (Å²) >= 11 is 0. The Bertz CT molecular complexity index is 899. The number of likely N-dealkylation sites (tertiary alicyclic amines) is 1. The van der Waals surface area contributed by atoms with Crippen LogP contribution in [0.25, 0.3) is 0 Å². The van der Waals surface area contributed by atoms with Crippen LogP contribution in [0.3, 0.4) is 0 Å². The lowest BCUT2D eigenvalue weighted by molar-refractivity contribution is 0.0658. The van der Waals surface area contributed by atoms with Crippen LogP contribution in [0.2, 0.25) is 0 Å². The lowest BCUT2D eigenvalue weighted by Crippen LogP contribution is -2.56. The molecule has 1 saturated heterocycles. The van der Waals surface area contributed by atoms with E-state index in [4.69, 9.17) is 9.47 Å². The molecular formula is C18H18FNO5S. The molecule has 0 aromatic heterocycles. The molecule has 0 saturated carbocycles. The molecule has 1 amide bonds. The Morgan fingerprint density at radius 2 is 1.58 bits per heavy atom. The van der Waals surface area contributed by atoms with Gasteiger partial charge in [0.1, 0.15) is 22.6 Å². The van der Waals surface area contributed by atoms with Crippen molar-refractivity contribution in [3.8, 4) is 11.5 Å². The number of sulfone groups is 1. The van der Waals surface area contributed by atoms with E-state index in [-0.39, 0.29) is 23.9 Å². The minimum atomic E-state index is -3.60. The summed E-state index contributed by atoms with van der Waals surface area (Å²) in [6.07, 6.45) is 0. The highest BCUT2D eigenvalue weighted by Gasteiger charge is 2.40. The summed E-state index contributed by atoms with van der Waals surface area (Å²) < 4.78 is 48.3. The van der Waals surface area contributed by atoms with Crippen molar-refractivity contribution in [2.24, 2.45) is 0 Å². The first-order valence-corrected chi connectivity index (χ1v) is 9.41. The molecule has 1 aliphatic heterocycles. The smallest absolute Gasteiger partial charge is 0.254 e. The Kier molecular flexibility index (Phi) is 4.86. The van der Waals surface area contributed by atoms with E-state index in [2.05, 4.69) is 0 Å². The number of nitrogens with zero attached hydrogens (tertiary/aromatic N) is 1. The van der Waals surface area contributed by atoms with E-state index in [1.165, 1.54) is 31.3 Å². The first-order valence-electron chi connectivity index (χ1n) is 7.87. The first-order chi connectivity index (χ1) is 12.3. The number of benzene rings is 2. The van der Waals surface area contributed by atoms with Gasteiger partial charge in [-0.05, 0) is 36.4 Å². The zero-order valence-electron chi connectivity index (χ0n) is 14.3. The van der Waals surface area contributed by atoms with Crippen LogP contribution in [-0.2, 0) is 9.84 Å². The normalized spacial score (nSPS) is 14.7. The van der Waals surface area contributed by atoms with E-state index < -0.39 is 20.9 Å². The topological polar surface area (TPSA) is 72.9 Å². The van der Waals surface area contributed by atoms with Crippen LogP contribution in [0, 0.1) is 5.82 Å². The molecule has 138 valence electrons. The van der Waals surface area contributed by atoms with Crippen LogP contribution in [-0.4, -0.2) is 51.8 Å². The summed E-state index contributed by atoms with van der Waals surface area (Å²) in [5.41, 5.74) is 0.360. The SMILES string of the molecule is COc1cc(OC)cc(C(=O)N2CC(S(=O)(=O)c3ccc(F)cc3)C2)c1. The molecule has 0 atom stereocenters. The number of ether oxygens (including phenoxy) is 2. The predicted octanol–water partition coefficient (Wildman–Crippen LogP) is 2.14. The van der Waals surface area contributed by atoms with Crippen molar-refractivity contribution in [2.75, 3.05) is 27.3 Å². The Labute approximate surface area is 151 Å². The van der Waals surface area contributed by atoms with Crippen molar-refractivity contribution < 1.29 is 27.1 Å². The molecule has 1 aliphatic rings. The molecule has 8 heteroatoms. The lowest BCUT2D eigenvalue weighted by Gasteiger charge is -2.38. The van der Waals surface area contributed by atoms with E-state index in [0.29, 0.717) is 17.1 Å². The van der Waals surface area contributed by atoms with Crippen LogP contribution in [0.15, 0.2) is 47.4 Å². The monoisotopic (exact) mass is 379 g/mol. The highest BCUT2D eigenvalue weighted by atomic mass is 32.2. The Hall–Kier alpha value is -2.61. The van der Waals surface area contributed by atoms with E-state index in [9.17, 15) is 17.6 Å². The standard InChI is InChI=1S/C18H18FNO5S/c1-24-14-7-12(8-15(9-14)25-2)18(21)20-10-17(11-20)26(22,23)16-5-3-13(19)4-6-16/h3-9,17H,10-11H2,1-2H3. The second kappa shape index (κ2) is 6.95. The molecule has 0 spiro atoms. The Balaban J connectivity index is 1.73. The Morgan fingerprint density at radius 1 is 1.04 bits per heavy atom. The van der Waals surface area contributed by atoms with Crippen molar-refractivity contribution in [1.29, 1.82) is 0 Å². The number of methoxy groups -OCH3 is 2. The molecule has 3 rings (SSSR count). The highest BCUT2D eigenvalue weighted by molar-refractivity contribution is 7.92. The van der Waals surface area contributed by atoms with Gasteiger partial charge in [-0.25, -0.2) is 12.8 Å². The summed E-state index contributed by atoms with van der Waals surface area (Å²) in [7, 11) is -0.635. The molecule has 6 nitrogen and oxygen atoms in total.